The minimum absolute atomic E-state index is 0.204. The summed E-state index contributed by atoms with van der Waals surface area (Å²) in [5.41, 5.74) is 0. The topological polar surface area (TPSA) is 91.2 Å². The van der Waals surface area contributed by atoms with Crippen LogP contribution >= 0.6 is 27.3 Å². The molecule has 1 N–H and O–H groups in total. The first-order chi connectivity index (χ1) is 13.6. The summed E-state index contributed by atoms with van der Waals surface area (Å²) in [5, 5.41) is 2.66. The fraction of sp³-hybridized carbons (Fsp3) is 0.737. The molecular weight excluding hydrogens is 476 g/mol. The van der Waals surface area contributed by atoms with E-state index in [1.54, 1.807) is 0 Å². The van der Waals surface area contributed by atoms with Crippen molar-refractivity contribution in [3.63, 3.8) is 0 Å². The third kappa shape index (κ3) is 6.40. The van der Waals surface area contributed by atoms with Crippen molar-refractivity contribution in [2.24, 2.45) is 15.9 Å². The molecule has 1 aromatic rings. The monoisotopic (exact) mass is 506 g/mol. The molecule has 7 nitrogen and oxygen atoms in total. The maximum absolute atomic E-state index is 12.9. The average molecular weight is 508 g/mol. The molecule has 1 aliphatic heterocycles. The fourth-order valence-corrected chi connectivity index (χ4v) is 4.93. The molecule has 0 saturated heterocycles. The van der Waals surface area contributed by atoms with Crippen molar-refractivity contribution in [1.82, 2.24) is 9.71 Å². The normalized spacial score (nSPS) is 22.1. The van der Waals surface area contributed by atoms with E-state index in [0.717, 1.165) is 9.61 Å². The highest BCUT2D eigenvalue weighted by atomic mass is 79.9. The number of hydrogen-bond acceptors (Lipinski definition) is 8. The molecule has 0 aliphatic carbocycles. The van der Waals surface area contributed by atoms with Gasteiger partial charge in [-0.2, -0.15) is 0 Å². The first kappa shape index (κ1) is 24.6. The van der Waals surface area contributed by atoms with Crippen LogP contribution in [0.4, 0.5) is 0 Å². The van der Waals surface area contributed by atoms with Gasteiger partial charge in [0.25, 0.3) is 0 Å². The predicted molar refractivity (Wildman–Crippen MR) is 124 cm³/mol. The van der Waals surface area contributed by atoms with Crippen LogP contribution in [0.1, 0.15) is 59.5 Å². The van der Waals surface area contributed by atoms with Gasteiger partial charge in [0, 0.05) is 16.7 Å². The number of hydrogen-bond donors (Lipinski definition) is 1. The Kier molecular flexibility index (Phi) is 8.96. The highest BCUT2D eigenvalue weighted by Crippen LogP contribution is 2.31. The third-order valence-electron chi connectivity index (χ3n) is 4.12. The molecule has 0 bridgehead atoms. The van der Waals surface area contributed by atoms with Gasteiger partial charge in [-0.05, 0) is 56.5 Å². The van der Waals surface area contributed by atoms with Crippen LogP contribution in [0.25, 0.3) is 0 Å². The Morgan fingerprint density at radius 1 is 1.17 bits per heavy atom. The molecule has 2 rings (SSSR count). The Labute approximate surface area is 189 Å². The molecular formula is C19H31BrN4O3S2. The number of nitrogens with one attached hydrogen (secondary N) is 1. The van der Waals surface area contributed by atoms with Gasteiger partial charge in [-0.25, -0.2) is 15.0 Å². The summed E-state index contributed by atoms with van der Waals surface area (Å²) in [6, 6.07) is -1.18. The lowest BCUT2D eigenvalue weighted by atomic mass is 10.0. The van der Waals surface area contributed by atoms with E-state index in [1.807, 2.05) is 40.0 Å². The number of nitrogens with zero attached hydrogens (tertiary/aromatic N) is 3. The molecule has 29 heavy (non-hydrogen) atoms. The van der Waals surface area contributed by atoms with Crippen LogP contribution in [0.3, 0.4) is 0 Å². The van der Waals surface area contributed by atoms with E-state index in [1.165, 1.54) is 11.3 Å². The van der Waals surface area contributed by atoms with Crippen molar-refractivity contribution in [3.8, 4) is 0 Å². The number of rotatable bonds is 7. The number of thiazole rings is 1. The zero-order chi connectivity index (χ0) is 21.8. The molecule has 1 aromatic heterocycles. The van der Waals surface area contributed by atoms with Crippen molar-refractivity contribution in [1.29, 1.82) is 0 Å². The summed E-state index contributed by atoms with van der Waals surface area (Å²) in [7, 11) is 0. The van der Waals surface area contributed by atoms with Crippen LogP contribution in [-0.2, 0) is 20.8 Å². The molecule has 0 saturated carbocycles. The van der Waals surface area contributed by atoms with E-state index in [-0.39, 0.29) is 12.0 Å². The molecule has 0 aromatic carbocycles. The molecule has 0 amide bonds. The van der Waals surface area contributed by atoms with E-state index in [0.29, 0.717) is 25.0 Å². The van der Waals surface area contributed by atoms with Crippen molar-refractivity contribution in [3.05, 3.63) is 15.0 Å². The largest absolute Gasteiger partial charge is 0.598 e. The third-order valence-corrected chi connectivity index (χ3v) is 7.34. The fourth-order valence-electron chi connectivity index (χ4n) is 2.68. The lowest BCUT2D eigenvalue weighted by molar-refractivity contribution is 0.270. The van der Waals surface area contributed by atoms with Gasteiger partial charge in [-0.3, -0.25) is 0 Å². The van der Waals surface area contributed by atoms with Crippen LogP contribution in [0.5, 0.6) is 0 Å². The molecule has 0 fully saturated rings. The highest BCUT2D eigenvalue weighted by molar-refractivity contribution is 9.10. The Hall–Kier alpha value is -0.680. The minimum atomic E-state index is -1.33. The standard InChI is InChI=1S/C19H31BrN4O3S2/c1-8-26-16-13(11(3)4)22-17(27-9-2)14(23-16)15(18-21-12(20)10-28-18)24-29(25)19(5,6)7/h10-11,13-15,24H,8-9H2,1-7H3/t13-,14+,15+,29+/m1/s1. The van der Waals surface area contributed by atoms with Gasteiger partial charge in [0.2, 0.25) is 11.8 Å². The summed E-state index contributed by atoms with van der Waals surface area (Å²) in [5.74, 6) is 1.31. The van der Waals surface area contributed by atoms with Gasteiger partial charge < -0.3 is 14.0 Å². The molecule has 1 aliphatic rings. The van der Waals surface area contributed by atoms with E-state index < -0.39 is 28.2 Å². The maximum Gasteiger partial charge on any atom is 0.212 e. The Morgan fingerprint density at radius 2 is 1.72 bits per heavy atom. The van der Waals surface area contributed by atoms with Crippen LogP contribution in [-0.4, -0.2) is 51.4 Å². The molecule has 2 heterocycles. The number of aromatic nitrogens is 1. The van der Waals surface area contributed by atoms with E-state index in [2.05, 4.69) is 39.5 Å². The zero-order valence-electron chi connectivity index (χ0n) is 18.1. The second-order valence-corrected chi connectivity index (χ2v) is 11.6. The van der Waals surface area contributed by atoms with E-state index in [9.17, 15) is 4.55 Å². The van der Waals surface area contributed by atoms with Gasteiger partial charge in [0.1, 0.15) is 26.4 Å². The Balaban J connectivity index is 2.50. The first-order valence-corrected chi connectivity index (χ1v) is 12.6. The van der Waals surface area contributed by atoms with Gasteiger partial charge in [-0.1, -0.05) is 13.8 Å². The van der Waals surface area contributed by atoms with Gasteiger partial charge in [0.15, 0.2) is 6.04 Å². The summed E-state index contributed by atoms with van der Waals surface area (Å²) < 4.78 is 28.2. The van der Waals surface area contributed by atoms with E-state index >= 15 is 0 Å². The lowest BCUT2D eigenvalue weighted by Gasteiger charge is -2.33. The van der Waals surface area contributed by atoms with Crippen molar-refractivity contribution < 1.29 is 14.0 Å². The Morgan fingerprint density at radius 3 is 2.17 bits per heavy atom. The van der Waals surface area contributed by atoms with Crippen LogP contribution in [0, 0.1) is 5.92 Å². The molecule has 4 atom stereocenters. The smallest absolute Gasteiger partial charge is 0.212 e. The summed E-state index contributed by atoms with van der Waals surface area (Å²) >= 11 is 3.55. The van der Waals surface area contributed by atoms with Crippen LogP contribution in [0.2, 0.25) is 0 Å². The molecule has 10 heteroatoms. The maximum atomic E-state index is 12.9. The van der Waals surface area contributed by atoms with E-state index in [4.69, 9.17) is 19.5 Å². The van der Waals surface area contributed by atoms with Crippen LogP contribution in [0.15, 0.2) is 20.0 Å². The summed E-state index contributed by atoms with van der Waals surface area (Å²) in [6.45, 7) is 14.7. The quantitative estimate of drug-likeness (QED) is 0.557. The lowest BCUT2D eigenvalue weighted by Crippen LogP contribution is -2.49. The number of ether oxygens (including phenoxy) is 2. The molecule has 0 unspecified atom stereocenters. The highest BCUT2D eigenvalue weighted by Gasteiger charge is 2.42. The molecule has 164 valence electrons. The number of aliphatic imine (C=N–C) groups is 2. The predicted octanol–water partition coefficient (Wildman–Crippen LogP) is 4.28. The zero-order valence-corrected chi connectivity index (χ0v) is 21.3. The van der Waals surface area contributed by atoms with Gasteiger partial charge in [0.05, 0.1) is 13.2 Å². The van der Waals surface area contributed by atoms with Gasteiger partial charge >= 0.3 is 0 Å². The SMILES string of the molecule is CCOC1=N[C@H](C(C)C)C(OCC)=N[C@H]1[C@H](N[S@@+]([O-])C(C)(C)C)c1nc(Br)cs1. The molecule has 0 radical (unpaired) electrons. The van der Waals surface area contributed by atoms with Gasteiger partial charge in [-0.15, -0.1) is 16.1 Å². The van der Waals surface area contributed by atoms with Crippen molar-refractivity contribution in [2.75, 3.05) is 13.2 Å². The van der Waals surface area contributed by atoms with Crippen molar-refractivity contribution >= 4 is 50.4 Å². The first-order valence-electron chi connectivity index (χ1n) is 9.78. The molecule has 0 spiro atoms. The number of halogens is 1. The minimum Gasteiger partial charge on any atom is -0.598 e. The second kappa shape index (κ2) is 10.6. The van der Waals surface area contributed by atoms with Crippen LogP contribution < -0.4 is 4.72 Å². The summed E-state index contributed by atoms with van der Waals surface area (Å²) in [6.07, 6.45) is 0. The second-order valence-electron chi connectivity index (χ2n) is 7.92. The Bertz CT molecular complexity index is 733. The summed E-state index contributed by atoms with van der Waals surface area (Å²) in [4.78, 5) is 14.3. The van der Waals surface area contributed by atoms with Crippen molar-refractivity contribution in [2.45, 2.75) is 71.3 Å². The average Bonchev–Trinajstić information content (AvgIpc) is 3.06.